The lowest BCUT2D eigenvalue weighted by Crippen LogP contribution is -2.06. The van der Waals surface area contributed by atoms with Crippen molar-refractivity contribution in [2.24, 2.45) is 0 Å². The Morgan fingerprint density at radius 3 is 2.86 bits per heavy atom. The van der Waals surface area contributed by atoms with Gasteiger partial charge in [-0.3, -0.25) is 0 Å². The molecule has 0 aliphatic rings. The number of anilines is 1. The summed E-state index contributed by atoms with van der Waals surface area (Å²) in [6.45, 7) is 6.27. The zero-order valence-electron chi connectivity index (χ0n) is 12.3. The number of rotatable bonds is 4. The zero-order chi connectivity index (χ0) is 15.0. The number of nitrogens with two attached hydrogens (primary N) is 1. The number of nitrogen functional groups attached to an aromatic ring is 1. The minimum Gasteiger partial charge on any atom is -0.489 e. The monoisotopic (exact) mass is 286 g/mol. The molecular formula is C15H18N4O2. The number of aromatic nitrogens is 3. The van der Waals surface area contributed by atoms with Crippen LogP contribution in [0.3, 0.4) is 0 Å². The van der Waals surface area contributed by atoms with E-state index in [0.717, 1.165) is 22.5 Å². The average molecular weight is 286 g/mol. The summed E-state index contributed by atoms with van der Waals surface area (Å²) >= 11 is 0. The SMILES string of the molecule is Cc1cnc(Cn2c(N)nc3c(OC(C)C)cccc32)o1. The van der Waals surface area contributed by atoms with Crippen LogP contribution in [0.1, 0.15) is 25.5 Å². The Hall–Kier alpha value is -2.50. The van der Waals surface area contributed by atoms with Gasteiger partial charge in [0, 0.05) is 0 Å². The molecule has 0 saturated carbocycles. The second-order valence-electron chi connectivity index (χ2n) is 5.21. The highest BCUT2D eigenvalue weighted by Crippen LogP contribution is 2.28. The summed E-state index contributed by atoms with van der Waals surface area (Å²) in [6.07, 6.45) is 1.77. The summed E-state index contributed by atoms with van der Waals surface area (Å²) < 4.78 is 13.2. The fourth-order valence-corrected chi connectivity index (χ4v) is 2.26. The predicted molar refractivity (Wildman–Crippen MR) is 80.3 cm³/mol. The normalized spacial score (nSPS) is 11.4. The van der Waals surface area contributed by atoms with Gasteiger partial charge in [0.15, 0.2) is 0 Å². The van der Waals surface area contributed by atoms with E-state index in [9.17, 15) is 0 Å². The van der Waals surface area contributed by atoms with E-state index >= 15 is 0 Å². The Labute approximate surface area is 122 Å². The smallest absolute Gasteiger partial charge is 0.214 e. The highest BCUT2D eigenvalue weighted by atomic mass is 16.5. The minimum atomic E-state index is 0.0800. The Kier molecular flexibility index (Phi) is 3.29. The fourth-order valence-electron chi connectivity index (χ4n) is 2.26. The third-order valence-corrected chi connectivity index (χ3v) is 3.10. The second-order valence-corrected chi connectivity index (χ2v) is 5.21. The summed E-state index contributed by atoms with van der Waals surface area (Å²) in [5.41, 5.74) is 7.70. The number of nitrogens with zero attached hydrogens (tertiary/aromatic N) is 3. The maximum Gasteiger partial charge on any atom is 0.214 e. The van der Waals surface area contributed by atoms with Crippen LogP contribution < -0.4 is 10.5 Å². The van der Waals surface area contributed by atoms with Crippen molar-refractivity contribution in [1.29, 1.82) is 0 Å². The van der Waals surface area contributed by atoms with E-state index in [1.807, 2.05) is 43.5 Å². The lowest BCUT2D eigenvalue weighted by molar-refractivity contribution is 0.245. The van der Waals surface area contributed by atoms with Crippen LogP contribution in [0.5, 0.6) is 5.75 Å². The van der Waals surface area contributed by atoms with Gasteiger partial charge in [-0.1, -0.05) is 6.07 Å². The fraction of sp³-hybridized carbons (Fsp3) is 0.333. The second kappa shape index (κ2) is 5.12. The van der Waals surface area contributed by atoms with Crippen LogP contribution in [0.15, 0.2) is 28.8 Å². The number of hydrogen-bond donors (Lipinski definition) is 1. The molecule has 110 valence electrons. The van der Waals surface area contributed by atoms with E-state index in [1.165, 1.54) is 0 Å². The first-order valence-corrected chi connectivity index (χ1v) is 6.87. The molecule has 2 aromatic heterocycles. The predicted octanol–water partition coefficient (Wildman–Crippen LogP) is 2.75. The van der Waals surface area contributed by atoms with Gasteiger partial charge in [-0.15, -0.1) is 0 Å². The number of hydrogen-bond acceptors (Lipinski definition) is 5. The van der Waals surface area contributed by atoms with Crippen molar-refractivity contribution in [1.82, 2.24) is 14.5 Å². The topological polar surface area (TPSA) is 79.1 Å². The van der Waals surface area contributed by atoms with Gasteiger partial charge in [-0.25, -0.2) is 9.97 Å². The number of imidazole rings is 1. The molecule has 0 spiro atoms. The maximum absolute atomic E-state index is 6.03. The van der Waals surface area contributed by atoms with Gasteiger partial charge in [0.2, 0.25) is 11.8 Å². The van der Waals surface area contributed by atoms with Crippen molar-refractivity contribution in [2.45, 2.75) is 33.4 Å². The lowest BCUT2D eigenvalue weighted by atomic mass is 10.3. The summed E-state index contributed by atoms with van der Waals surface area (Å²) in [6, 6.07) is 5.79. The highest BCUT2D eigenvalue weighted by molar-refractivity contribution is 5.84. The molecule has 0 saturated heterocycles. The Balaban J connectivity index is 2.05. The Morgan fingerprint density at radius 1 is 1.38 bits per heavy atom. The molecule has 3 aromatic rings. The molecule has 21 heavy (non-hydrogen) atoms. The summed E-state index contributed by atoms with van der Waals surface area (Å²) in [5, 5.41) is 0. The standard InChI is InChI=1S/C15H18N4O2/c1-9(2)20-12-6-4-5-11-14(12)18-15(16)19(11)8-13-17-7-10(3)21-13/h4-7,9H,8H2,1-3H3,(H2,16,18). The molecular weight excluding hydrogens is 268 g/mol. The van der Waals surface area contributed by atoms with E-state index in [0.29, 0.717) is 18.4 Å². The molecule has 0 atom stereocenters. The van der Waals surface area contributed by atoms with Crippen LogP contribution in [0.25, 0.3) is 11.0 Å². The number of para-hydroxylation sites is 1. The van der Waals surface area contributed by atoms with E-state index in [-0.39, 0.29) is 6.10 Å². The van der Waals surface area contributed by atoms with E-state index < -0.39 is 0 Å². The van der Waals surface area contributed by atoms with Gasteiger partial charge >= 0.3 is 0 Å². The molecule has 0 fully saturated rings. The van der Waals surface area contributed by atoms with Crippen LogP contribution in [0, 0.1) is 6.92 Å². The van der Waals surface area contributed by atoms with Gasteiger partial charge < -0.3 is 19.5 Å². The van der Waals surface area contributed by atoms with Crippen LogP contribution >= 0.6 is 0 Å². The number of fused-ring (bicyclic) bond motifs is 1. The largest absolute Gasteiger partial charge is 0.489 e. The van der Waals surface area contributed by atoms with Gasteiger partial charge in [-0.2, -0.15) is 0 Å². The average Bonchev–Trinajstić information content (AvgIpc) is 2.96. The molecule has 0 amide bonds. The van der Waals surface area contributed by atoms with E-state index in [1.54, 1.807) is 6.20 Å². The quantitative estimate of drug-likeness (QED) is 0.797. The molecule has 0 aliphatic carbocycles. The number of benzene rings is 1. The molecule has 1 aromatic carbocycles. The first-order valence-electron chi connectivity index (χ1n) is 6.87. The van der Waals surface area contributed by atoms with Crippen molar-refractivity contribution in [3.63, 3.8) is 0 Å². The van der Waals surface area contributed by atoms with Crippen LogP contribution in [-0.4, -0.2) is 20.6 Å². The van der Waals surface area contributed by atoms with Crippen LogP contribution in [0.4, 0.5) is 5.95 Å². The van der Waals surface area contributed by atoms with Gasteiger partial charge in [0.1, 0.15) is 23.6 Å². The Bertz CT molecular complexity index is 773. The van der Waals surface area contributed by atoms with E-state index in [2.05, 4.69) is 9.97 Å². The van der Waals surface area contributed by atoms with Crippen molar-refractivity contribution in [3.8, 4) is 5.75 Å². The van der Waals surface area contributed by atoms with Gasteiger partial charge in [-0.05, 0) is 32.9 Å². The molecule has 3 rings (SSSR count). The summed E-state index contributed by atoms with van der Waals surface area (Å²) in [5.74, 6) is 2.53. The Morgan fingerprint density at radius 2 is 2.19 bits per heavy atom. The maximum atomic E-state index is 6.03. The summed E-state index contributed by atoms with van der Waals surface area (Å²) in [7, 11) is 0. The number of ether oxygens (including phenoxy) is 1. The first-order chi connectivity index (χ1) is 10.0. The van der Waals surface area contributed by atoms with Crippen molar-refractivity contribution < 1.29 is 9.15 Å². The number of aryl methyl sites for hydroxylation is 1. The molecule has 0 bridgehead atoms. The molecule has 2 N–H and O–H groups in total. The molecule has 0 aliphatic heterocycles. The highest BCUT2D eigenvalue weighted by Gasteiger charge is 2.15. The molecule has 6 heteroatoms. The van der Waals surface area contributed by atoms with E-state index in [4.69, 9.17) is 14.9 Å². The molecule has 0 unspecified atom stereocenters. The third kappa shape index (κ3) is 2.56. The molecule has 0 radical (unpaired) electrons. The van der Waals surface area contributed by atoms with Crippen molar-refractivity contribution in [3.05, 3.63) is 36.0 Å². The minimum absolute atomic E-state index is 0.0800. The zero-order valence-corrected chi connectivity index (χ0v) is 12.3. The molecule has 2 heterocycles. The lowest BCUT2D eigenvalue weighted by Gasteiger charge is -2.10. The van der Waals surface area contributed by atoms with Gasteiger partial charge in [0.05, 0.1) is 17.8 Å². The van der Waals surface area contributed by atoms with Gasteiger partial charge in [0.25, 0.3) is 0 Å². The van der Waals surface area contributed by atoms with Crippen LogP contribution in [-0.2, 0) is 6.54 Å². The third-order valence-electron chi connectivity index (χ3n) is 3.10. The van der Waals surface area contributed by atoms with Crippen LogP contribution in [0.2, 0.25) is 0 Å². The first kappa shape index (κ1) is 13.5. The van der Waals surface area contributed by atoms with Crippen molar-refractivity contribution in [2.75, 3.05) is 5.73 Å². The van der Waals surface area contributed by atoms with Crippen molar-refractivity contribution >= 4 is 17.0 Å². The molecule has 6 nitrogen and oxygen atoms in total. The number of oxazole rings is 1. The summed E-state index contributed by atoms with van der Waals surface area (Å²) in [4.78, 5) is 8.62.